The lowest BCUT2D eigenvalue weighted by Gasteiger charge is -2.71. The highest BCUT2D eigenvalue weighted by atomic mass is 16.6. The van der Waals surface area contributed by atoms with Gasteiger partial charge in [-0.1, -0.05) is 57.8 Å². The van der Waals surface area contributed by atoms with Crippen LogP contribution in [0.5, 0.6) is 0 Å². The van der Waals surface area contributed by atoms with E-state index < -0.39 is 102 Å². The third-order valence-corrected chi connectivity index (χ3v) is 13.5. The van der Waals surface area contributed by atoms with Crippen LogP contribution in [0.3, 0.4) is 0 Å². The van der Waals surface area contributed by atoms with Crippen molar-refractivity contribution in [1.29, 1.82) is 0 Å². The molecule has 12 heteroatoms. The van der Waals surface area contributed by atoms with Crippen molar-refractivity contribution in [3.63, 3.8) is 0 Å². The molecular formula is C33H56O12. The molecule has 11 N–H and O–H groups in total. The predicted molar refractivity (Wildman–Crippen MR) is 158 cm³/mol. The first-order valence-electron chi connectivity index (χ1n) is 17.6. The number of aliphatic hydroxyl groups is 11. The average Bonchev–Trinajstić information content (AvgIpc) is 3.51. The van der Waals surface area contributed by atoms with Crippen molar-refractivity contribution < 1.29 is 60.9 Å². The van der Waals surface area contributed by atoms with E-state index >= 15 is 0 Å². The van der Waals surface area contributed by atoms with Crippen LogP contribution < -0.4 is 0 Å². The molecule has 12 nitrogen and oxygen atoms in total. The maximum atomic E-state index is 13.2. The highest BCUT2D eigenvalue weighted by Crippen LogP contribution is 2.64. The van der Waals surface area contributed by atoms with Crippen molar-refractivity contribution in [3.05, 3.63) is 0 Å². The molecule has 6 aliphatic carbocycles. The fourth-order valence-electron chi connectivity index (χ4n) is 11.3. The molecule has 6 saturated carbocycles. The number of fused-ring (bicyclic) bond motifs is 3. The van der Waals surface area contributed by atoms with Crippen molar-refractivity contribution in [1.82, 2.24) is 0 Å². The van der Waals surface area contributed by atoms with Crippen molar-refractivity contribution in [2.24, 2.45) is 41.4 Å². The standard InChI is InChI=1S/C33H56O12/c34-20-12-6-11-18-19(14-13-16-7-4-5-8-16)32(43)24(25(36)22(18)20)27(38)33(44)26(37)23(28(39)40)21(35)15-31(33,42)30(32)45-29(41)17-9-2-1-3-10-17/h16-30,34-44H,1-15H2. The van der Waals surface area contributed by atoms with E-state index in [4.69, 9.17) is 4.74 Å². The lowest BCUT2D eigenvalue weighted by molar-refractivity contribution is -0.426. The third kappa shape index (κ3) is 5.25. The molecule has 0 aromatic rings. The van der Waals surface area contributed by atoms with Gasteiger partial charge in [-0.3, -0.25) is 0 Å². The molecule has 0 bridgehead atoms. The van der Waals surface area contributed by atoms with Gasteiger partial charge in [0.25, 0.3) is 0 Å². The minimum Gasteiger partial charge on any atom is -0.393 e. The summed E-state index contributed by atoms with van der Waals surface area (Å²) in [6, 6.07) is 0. The van der Waals surface area contributed by atoms with Crippen LogP contribution >= 0.6 is 0 Å². The molecule has 15 unspecified atom stereocenters. The fraction of sp³-hybridized carbons (Fsp3) is 1.00. The highest BCUT2D eigenvalue weighted by molar-refractivity contribution is 5.31. The Morgan fingerprint density at radius 2 is 1.33 bits per heavy atom. The molecular weight excluding hydrogens is 588 g/mol. The Kier molecular flexibility index (Phi) is 9.75. The molecule has 0 saturated heterocycles. The number of ether oxygens (including phenoxy) is 1. The Balaban J connectivity index is 1.50. The summed E-state index contributed by atoms with van der Waals surface area (Å²) in [5.41, 5.74) is -8.09. The summed E-state index contributed by atoms with van der Waals surface area (Å²) in [7, 11) is 0. The van der Waals surface area contributed by atoms with Crippen LogP contribution in [0.1, 0.15) is 96.3 Å². The quantitative estimate of drug-likeness (QED) is 0.154. The van der Waals surface area contributed by atoms with Gasteiger partial charge in [-0.2, -0.15) is 0 Å². The summed E-state index contributed by atoms with van der Waals surface area (Å²) in [5.74, 6) is -5.38. The molecule has 0 spiro atoms. The van der Waals surface area contributed by atoms with Crippen molar-refractivity contribution in [2.45, 2.75) is 162 Å². The van der Waals surface area contributed by atoms with Gasteiger partial charge in [-0.05, 0) is 49.9 Å². The molecule has 15 atom stereocenters. The van der Waals surface area contributed by atoms with Gasteiger partial charge in [0.05, 0.1) is 36.4 Å². The smallest absolute Gasteiger partial charge is 0.159 e. The van der Waals surface area contributed by atoms with Crippen molar-refractivity contribution in [2.75, 3.05) is 0 Å². The molecule has 6 rings (SSSR count). The molecule has 260 valence electrons. The SMILES string of the molecule is OC(O)C1C(O)CC2(O)C(OC(O)C3CCCCC3)C3(O)C(CCC4CCCC4)C4CCCC(O)C4C(O)C3C(O)C2(O)C1O. The van der Waals surface area contributed by atoms with E-state index in [0.29, 0.717) is 44.4 Å². The van der Waals surface area contributed by atoms with Gasteiger partial charge >= 0.3 is 0 Å². The molecule has 0 amide bonds. The van der Waals surface area contributed by atoms with Gasteiger partial charge in [0.15, 0.2) is 12.6 Å². The van der Waals surface area contributed by atoms with E-state index in [0.717, 1.165) is 51.4 Å². The molecule has 0 aromatic heterocycles. The summed E-state index contributed by atoms with van der Waals surface area (Å²) < 4.78 is 6.30. The summed E-state index contributed by atoms with van der Waals surface area (Å²) in [6.45, 7) is 0. The Morgan fingerprint density at radius 1 is 0.689 bits per heavy atom. The van der Waals surface area contributed by atoms with E-state index in [-0.39, 0.29) is 5.92 Å². The molecule has 0 radical (unpaired) electrons. The van der Waals surface area contributed by atoms with Crippen LogP contribution in [0.2, 0.25) is 0 Å². The zero-order valence-corrected chi connectivity index (χ0v) is 26.1. The molecule has 0 heterocycles. The van der Waals surface area contributed by atoms with Gasteiger partial charge in [-0.25, -0.2) is 0 Å². The lowest BCUT2D eigenvalue weighted by Crippen LogP contribution is -2.90. The Labute approximate surface area is 264 Å². The Hall–Kier alpha value is -0.480. The van der Waals surface area contributed by atoms with Crippen LogP contribution in [0, 0.1) is 41.4 Å². The predicted octanol–water partition coefficient (Wildman–Crippen LogP) is -0.755. The first-order valence-corrected chi connectivity index (χ1v) is 17.6. The largest absolute Gasteiger partial charge is 0.393 e. The summed E-state index contributed by atoms with van der Waals surface area (Å²) in [5, 5.41) is 128. The molecule has 6 fully saturated rings. The number of rotatable bonds is 7. The maximum Gasteiger partial charge on any atom is 0.159 e. The number of hydrogen-bond donors (Lipinski definition) is 11. The first-order chi connectivity index (χ1) is 21.3. The third-order valence-electron chi connectivity index (χ3n) is 13.5. The minimum absolute atomic E-state index is 0.357. The molecule has 0 aromatic carbocycles. The normalized spacial score (nSPS) is 51.9. The Morgan fingerprint density at radius 3 is 1.98 bits per heavy atom. The fourth-order valence-corrected chi connectivity index (χ4v) is 11.3. The van der Waals surface area contributed by atoms with Gasteiger partial charge in [-0.15, -0.1) is 0 Å². The van der Waals surface area contributed by atoms with E-state index in [1.54, 1.807) is 0 Å². The maximum absolute atomic E-state index is 13.2. The van der Waals surface area contributed by atoms with Crippen LogP contribution in [0.4, 0.5) is 0 Å². The molecule has 6 aliphatic rings. The second-order valence-corrected chi connectivity index (χ2v) is 15.7. The van der Waals surface area contributed by atoms with Gasteiger partial charge in [0, 0.05) is 24.2 Å². The number of hydrogen-bond acceptors (Lipinski definition) is 12. The monoisotopic (exact) mass is 644 g/mol. The van der Waals surface area contributed by atoms with Gasteiger partial charge < -0.3 is 60.9 Å². The lowest BCUT2D eigenvalue weighted by atomic mass is 9.41. The van der Waals surface area contributed by atoms with E-state index in [9.17, 15) is 56.2 Å². The minimum atomic E-state index is -3.03. The van der Waals surface area contributed by atoms with Gasteiger partial charge in [0.2, 0.25) is 0 Å². The molecule has 45 heavy (non-hydrogen) atoms. The molecule has 0 aliphatic heterocycles. The van der Waals surface area contributed by atoms with Crippen LogP contribution in [0.15, 0.2) is 0 Å². The summed E-state index contributed by atoms with van der Waals surface area (Å²) in [4.78, 5) is 0. The summed E-state index contributed by atoms with van der Waals surface area (Å²) >= 11 is 0. The summed E-state index contributed by atoms with van der Waals surface area (Å²) in [6.07, 6.45) is -4.60. The topological polar surface area (TPSA) is 232 Å². The van der Waals surface area contributed by atoms with Crippen molar-refractivity contribution >= 4 is 0 Å². The van der Waals surface area contributed by atoms with Crippen LogP contribution in [0.25, 0.3) is 0 Å². The van der Waals surface area contributed by atoms with E-state index in [1.807, 2.05) is 0 Å². The van der Waals surface area contributed by atoms with E-state index in [1.165, 1.54) is 0 Å². The zero-order chi connectivity index (χ0) is 32.5. The van der Waals surface area contributed by atoms with Crippen LogP contribution in [-0.4, -0.2) is 122 Å². The second kappa shape index (κ2) is 12.8. The average molecular weight is 645 g/mol. The van der Waals surface area contributed by atoms with Crippen molar-refractivity contribution in [3.8, 4) is 0 Å². The highest BCUT2D eigenvalue weighted by Gasteiger charge is 2.82. The zero-order valence-electron chi connectivity index (χ0n) is 26.1. The van der Waals surface area contributed by atoms with Crippen LogP contribution in [-0.2, 0) is 4.74 Å². The van der Waals surface area contributed by atoms with Gasteiger partial charge in [0.1, 0.15) is 22.9 Å². The number of aliphatic hydroxyl groups excluding tert-OH is 7. The second-order valence-electron chi connectivity index (χ2n) is 15.7. The Bertz CT molecular complexity index is 1020. The first kappa shape index (κ1) is 34.4. The van der Waals surface area contributed by atoms with E-state index in [2.05, 4.69) is 0 Å².